The number of aliphatic hydroxyl groups excluding tert-OH is 1. The summed E-state index contributed by atoms with van der Waals surface area (Å²) >= 11 is 0. The Kier molecular flexibility index (Phi) is 18.3. The highest BCUT2D eigenvalue weighted by Gasteiger charge is 2.08. The first-order valence-corrected chi connectivity index (χ1v) is 6.89. The van der Waals surface area contributed by atoms with Crippen LogP contribution in [-0.2, 0) is 11.3 Å². The highest BCUT2D eigenvalue weighted by atomic mass is 16.3. The van der Waals surface area contributed by atoms with Crippen LogP contribution in [0.2, 0.25) is 0 Å². The Bertz CT molecular complexity index is 288. The summed E-state index contributed by atoms with van der Waals surface area (Å²) in [6.45, 7) is 6.49. The molecule has 4 N–H and O–H groups in total. The largest absolute Gasteiger partial charge is 0.483 e. The second-order valence-corrected chi connectivity index (χ2v) is 3.77. The lowest BCUT2D eigenvalue weighted by atomic mass is 10.2. The second kappa shape index (κ2) is 17.6. The Morgan fingerprint density at radius 2 is 1.90 bits per heavy atom. The highest BCUT2D eigenvalue weighted by Crippen LogP contribution is 1.95. The maximum atomic E-state index is 8.67. The minimum Gasteiger partial charge on any atom is -0.483 e. The predicted octanol–water partition coefficient (Wildman–Crippen LogP) is 1.47. The van der Waals surface area contributed by atoms with E-state index in [2.05, 4.69) is 22.8 Å². The second-order valence-electron chi connectivity index (χ2n) is 3.77. The third-order valence-corrected chi connectivity index (χ3v) is 2.26. The summed E-state index contributed by atoms with van der Waals surface area (Å²) in [7, 11) is 1.95. The zero-order chi connectivity index (χ0) is 15.6. The zero-order valence-electron chi connectivity index (χ0n) is 12.7. The SMILES string of the molecule is CC.CNCc1ccccc1.O=CO.OC1CCNC1. The van der Waals surface area contributed by atoms with Gasteiger partial charge in [0, 0.05) is 13.1 Å². The Morgan fingerprint density at radius 1 is 1.35 bits per heavy atom. The average molecular weight is 284 g/mol. The van der Waals surface area contributed by atoms with Crippen LogP contribution in [0.25, 0.3) is 0 Å². The quantitative estimate of drug-likeness (QED) is 0.618. The molecule has 2 rings (SSSR count). The van der Waals surface area contributed by atoms with Crippen molar-refractivity contribution in [2.45, 2.75) is 32.9 Å². The van der Waals surface area contributed by atoms with E-state index in [0.717, 1.165) is 26.1 Å². The molecule has 1 aromatic carbocycles. The van der Waals surface area contributed by atoms with Crippen LogP contribution < -0.4 is 10.6 Å². The average Bonchev–Trinajstić information content (AvgIpc) is 2.95. The molecule has 0 radical (unpaired) electrons. The first-order valence-electron chi connectivity index (χ1n) is 6.89. The summed E-state index contributed by atoms with van der Waals surface area (Å²) in [6, 6.07) is 10.3. The van der Waals surface area contributed by atoms with Crippen LogP contribution >= 0.6 is 0 Å². The minimum absolute atomic E-state index is 0.0648. The normalized spacial score (nSPS) is 15.5. The lowest BCUT2D eigenvalue weighted by molar-refractivity contribution is -0.122. The van der Waals surface area contributed by atoms with E-state index in [1.54, 1.807) is 0 Å². The van der Waals surface area contributed by atoms with Crippen LogP contribution in [0.5, 0.6) is 0 Å². The molecule has 1 aliphatic heterocycles. The molecule has 116 valence electrons. The van der Waals surface area contributed by atoms with E-state index in [-0.39, 0.29) is 12.6 Å². The molecule has 1 atom stereocenters. The molecule has 1 saturated heterocycles. The van der Waals surface area contributed by atoms with Gasteiger partial charge in [0.1, 0.15) is 0 Å². The Balaban J connectivity index is 0. The number of carbonyl (C=O) groups is 1. The summed E-state index contributed by atoms with van der Waals surface area (Å²) in [5, 5.41) is 21.7. The van der Waals surface area contributed by atoms with E-state index in [1.165, 1.54) is 5.56 Å². The lowest BCUT2D eigenvalue weighted by Gasteiger charge is -1.95. The number of carboxylic acid groups (broad SMARTS) is 1. The Hall–Kier alpha value is -1.43. The van der Waals surface area contributed by atoms with E-state index in [1.807, 2.05) is 39.1 Å². The fourth-order valence-corrected chi connectivity index (χ4v) is 1.44. The van der Waals surface area contributed by atoms with E-state index < -0.39 is 0 Å². The molecule has 1 unspecified atom stereocenters. The molecule has 1 aromatic rings. The van der Waals surface area contributed by atoms with Crippen molar-refractivity contribution in [3.8, 4) is 0 Å². The molecule has 0 aromatic heterocycles. The van der Waals surface area contributed by atoms with Gasteiger partial charge in [0.15, 0.2) is 0 Å². The molecule has 5 heteroatoms. The number of aliphatic hydroxyl groups is 1. The van der Waals surface area contributed by atoms with Gasteiger partial charge in [0.25, 0.3) is 6.47 Å². The molecule has 0 saturated carbocycles. The zero-order valence-corrected chi connectivity index (χ0v) is 12.7. The molecule has 0 aliphatic carbocycles. The van der Waals surface area contributed by atoms with Crippen molar-refractivity contribution in [3.63, 3.8) is 0 Å². The standard InChI is InChI=1S/C8H11N.C4H9NO.C2H6.CH2O2/c1-9-7-8-5-3-2-4-6-8;6-4-1-2-5-3-4;1-2;2-1-3/h2-6,9H,7H2,1H3;4-6H,1-3H2;1-2H3;1H,(H,2,3). The van der Waals surface area contributed by atoms with Crippen molar-refractivity contribution in [2.24, 2.45) is 0 Å². The number of benzene rings is 1. The van der Waals surface area contributed by atoms with Crippen LogP contribution in [0.15, 0.2) is 30.3 Å². The van der Waals surface area contributed by atoms with Crippen molar-refractivity contribution in [3.05, 3.63) is 35.9 Å². The van der Waals surface area contributed by atoms with Crippen molar-refractivity contribution in [1.82, 2.24) is 10.6 Å². The smallest absolute Gasteiger partial charge is 0.290 e. The third kappa shape index (κ3) is 14.6. The maximum Gasteiger partial charge on any atom is 0.290 e. The van der Waals surface area contributed by atoms with Gasteiger partial charge < -0.3 is 20.8 Å². The molecule has 0 bridgehead atoms. The number of β-amino-alcohol motifs (C(OH)–C–C–N with tert-alkyl or cyclic N) is 1. The molecule has 20 heavy (non-hydrogen) atoms. The van der Waals surface area contributed by atoms with Crippen LogP contribution in [-0.4, -0.2) is 42.9 Å². The van der Waals surface area contributed by atoms with Crippen LogP contribution in [0.1, 0.15) is 25.8 Å². The van der Waals surface area contributed by atoms with Gasteiger partial charge in [0.05, 0.1) is 6.10 Å². The van der Waals surface area contributed by atoms with Gasteiger partial charge in [-0.05, 0) is 25.6 Å². The monoisotopic (exact) mass is 284 g/mol. The van der Waals surface area contributed by atoms with E-state index >= 15 is 0 Å². The molecule has 0 spiro atoms. The van der Waals surface area contributed by atoms with Crippen LogP contribution in [0.4, 0.5) is 0 Å². The van der Waals surface area contributed by atoms with Gasteiger partial charge in [0.2, 0.25) is 0 Å². The molecule has 5 nitrogen and oxygen atoms in total. The van der Waals surface area contributed by atoms with Gasteiger partial charge in [-0.3, -0.25) is 4.79 Å². The van der Waals surface area contributed by atoms with Gasteiger partial charge in [-0.1, -0.05) is 44.2 Å². The van der Waals surface area contributed by atoms with Crippen molar-refractivity contribution in [1.29, 1.82) is 0 Å². The summed E-state index contributed by atoms with van der Waals surface area (Å²) in [6.07, 6.45) is 0.866. The maximum absolute atomic E-state index is 8.67. The highest BCUT2D eigenvalue weighted by molar-refractivity contribution is 5.32. The summed E-state index contributed by atoms with van der Waals surface area (Å²) in [5.74, 6) is 0. The van der Waals surface area contributed by atoms with Crippen LogP contribution in [0, 0.1) is 0 Å². The fraction of sp³-hybridized carbons (Fsp3) is 0.533. The summed E-state index contributed by atoms with van der Waals surface area (Å²) < 4.78 is 0. The third-order valence-electron chi connectivity index (χ3n) is 2.26. The first kappa shape index (κ1) is 20.9. The van der Waals surface area contributed by atoms with Crippen molar-refractivity contribution in [2.75, 3.05) is 20.1 Å². The number of hydrogen-bond donors (Lipinski definition) is 4. The van der Waals surface area contributed by atoms with Gasteiger partial charge >= 0.3 is 0 Å². The molecule has 0 amide bonds. The van der Waals surface area contributed by atoms with Crippen LogP contribution in [0.3, 0.4) is 0 Å². The molecular weight excluding hydrogens is 256 g/mol. The molecule has 1 aliphatic rings. The van der Waals surface area contributed by atoms with E-state index in [0.29, 0.717) is 0 Å². The van der Waals surface area contributed by atoms with Gasteiger partial charge in [-0.2, -0.15) is 0 Å². The topological polar surface area (TPSA) is 81.6 Å². The van der Waals surface area contributed by atoms with Gasteiger partial charge in [-0.25, -0.2) is 0 Å². The predicted molar refractivity (Wildman–Crippen MR) is 82.7 cm³/mol. The number of rotatable bonds is 2. The van der Waals surface area contributed by atoms with Crippen molar-refractivity contribution < 1.29 is 15.0 Å². The number of nitrogens with one attached hydrogen (secondary N) is 2. The number of hydrogen-bond acceptors (Lipinski definition) is 4. The Labute approximate surface area is 122 Å². The summed E-state index contributed by atoms with van der Waals surface area (Å²) in [4.78, 5) is 8.36. The Morgan fingerprint density at radius 3 is 2.20 bits per heavy atom. The molecule has 1 heterocycles. The minimum atomic E-state index is -0.250. The fourth-order valence-electron chi connectivity index (χ4n) is 1.44. The van der Waals surface area contributed by atoms with Gasteiger partial charge in [-0.15, -0.1) is 0 Å². The van der Waals surface area contributed by atoms with E-state index in [4.69, 9.17) is 15.0 Å². The summed E-state index contributed by atoms with van der Waals surface area (Å²) in [5.41, 5.74) is 1.33. The molecule has 1 fully saturated rings. The first-order chi connectivity index (χ1) is 9.74. The lowest BCUT2D eigenvalue weighted by Crippen LogP contribution is -2.11. The van der Waals surface area contributed by atoms with E-state index in [9.17, 15) is 0 Å². The van der Waals surface area contributed by atoms with Crippen molar-refractivity contribution >= 4 is 6.47 Å². The molecular formula is C15H28N2O3.